The number of carbonyl (C=O) groups excluding carboxylic acids is 1. The maximum Gasteiger partial charge on any atom is 0.272 e. The third kappa shape index (κ3) is 3.42. The third-order valence-electron chi connectivity index (χ3n) is 4.50. The molecule has 0 radical (unpaired) electrons. The number of likely N-dealkylation sites (tertiary alicyclic amines) is 1. The van der Waals surface area contributed by atoms with Crippen molar-refractivity contribution in [2.24, 2.45) is 5.92 Å². The molecule has 25 heavy (non-hydrogen) atoms. The van der Waals surface area contributed by atoms with E-state index in [1.165, 1.54) is 0 Å². The van der Waals surface area contributed by atoms with Crippen LogP contribution in [0.15, 0.2) is 54.7 Å². The number of rotatable bonds is 4. The maximum absolute atomic E-state index is 12.5. The number of amides is 1. The normalized spacial score (nSPS) is 17.0. The van der Waals surface area contributed by atoms with Crippen LogP contribution in [0.1, 0.15) is 22.7 Å². The molecule has 3 heterocycles. The first-order chi connectivity index (χ1) is 12.3. The van der Waals surface area contributed by atoms with Crippen molar-refractivity contribution < 1.29 is 4.79 Å². The highest BCUT2D eigenvalue weighted by molar-refractivity contribution is 5.92. The molecule has 1 aliphatic rings. The van der Waals surface area contributed by atoms with Gasteiger partial charge in [-0.15, -0.1) is 0 Å². The number of nitrogens with one attached hydrogen (secondary N) is 1. The molecule has 0 bridgehead atoms. The monoisotopic (exact) mass is 333 g/mol. The van der Waals surface area contributed by atoms with Crippen molar-refractivity contribution in [2.75, 3.05) is 13.1 Å². The molecular formula is C19H19N5O. The summed E-state index contributed by atoms with van der Waals surface area (Å²) in [6, 6.07) is 15.3. The highest BCUT2D eigenvalue weighted by Gasteiger charge is 2.28. The number of carbonyl (C=O) groups is 1. The zero-order chi connectivity index (χ0) is 17.1. The Balaban J connectivity index is 1.39. The number of aromatic amines is 1. The molecule has 6 nitrogen and oxygen atoms in total. The number of benzene rings is 1. The van der Waals surface area contributed by atoms with Gasteiger partial charge in [-0.3, -0.25) is 14.9 Å². The van der Waals surface area contributed by atoms with Crippen LogP contribution in [0.2, 0.25) is 0 Å². The molecule has 2 aromatic heterocycles. The molecule has 1 unspecified atom stereocenters. The first kappa shape index (κ1) is 15.5. The van der Waals surface area contributed by atoms with Gasteiger partial charge in [-0.25, -0.2) is 4.98 Å². The molecule has 6 heteroatoms. The average Bonchev–Trinajstić information content (AvgIpc) is 3.33. The SMILES string of the molecule is O=C(c1ccccn1)N1CCC(Cc2nc(-c3ccccc3)n[nH]2)C1. The molecule has 1 aliphatic heterocycles. The Hall–Kier alpha value is -3.02. The predicted molar refractivity (Wildman–Crippen MR) is 93.8 cm³/mol. The van der Waals surface area contributed by atoms with E-state index < -0.39 is 0 Å². The predicted octanol–water partition coefficient (Wildman–Crippen LogP) is 2.57. The minimum atomic E-state index is 0.00523. The summed E-state index contributed by atoms with van der Waals surface area (Å²) < 4.78 is 0. The van der Waals surface area contributed by atoms with Crippen LogP contribution < -0.4 is 0 Å². The van der Waals surface area contributed by atoms with Gasteiger partial charge < -0.3 is 4.90 Å². The zero-order valence-corrected chi connectivity index (χ0v) is 13.8. The molecule has 1 amide bonds. The van der Waals surface area contributed by atoms with E-state index in [4.69, 9.17) is 0 Å². The minimum absolute atomic E-state index is 0.00523. The minimum Gasteiger partial charge on any atom is -0.337 e. The van der Waals surface area contributed by atoms with E-state index in [0.717, 1.165) is 43.1 Å². The van der Waals surface area contributed by atoms with Crippen molar-refractivity contribution in [3.8, 4) is 11.4 Å². The van der Waals surface area contributed by atoms with Crippen LogP contribution in [0.4, 0.5) is 0 Å². The molecule has 1 aromatic carbocycles. The van der Waals surface area contributed by atoms with E-state index in [2.05, 4.69) is 20.2 Å². The lowest BCUT2D eigenvalue weighted by atomic mass is 10.1. The van der Waals surface area contributed by atoms with E-state index in [9.17, 15) is 4.79 Å². The maximum atomic E-state index is 12.5. The zero-order valence-electron chi connectivity index (χ0n) is 13.8. The molecule has 0 saturated carbocycles. The van der Waals surface area contributed by atoms with Gasteiger partial charge in [0.15, 0.2) is 5.82 Å². The van der Waals surface area contributed by atoms with Crippen LogP contribution in [0.25, 0.3) is 11.4 Å². The van der Waals surface area contributed by atoms with Crippen molar-refractivity contribution in [2.45, 2.75) is 12.8 Å². The van der Waals surface area contributed by atoms with Crippen LogP contribution in [0.3, 0.4) is 0 Å². The van der Waals surface area contributed by atoms with Crippen LogP contribution >= 0.6 is 0 Å². The largest absolute Gasteiger partial charge is 0.337 e. The van der Waals surface area contributed by atoms with Crippen molar-refractivity contribution >= 4 is 5.91 Å². The Morgan fingerprint density at radius 1 is 1.16 bits per heavy atom. The Morgan fingerprint density at radius 3 is 2.80 bits per heavy atom. The van der Waals surface area contributed by atoms with Gasteiger partial charge in [0.05, 0.1) is 0 Å². The van der Waals surface area contributed by atoms with Crippen LogP contribution in [-0.4, -0.2) is 44.1 Å². The Bertz CT molecular complexity index is 847. The van der Waals surface area contributed by atoms with Crippen LogP contribution in [0, 0.1) is 5.92 Å². The summed E-state index contributed by atoms with van der Waals surface area (Å²) in [5, 5.41) is 7.33. The van der Waals surface area contributed by atoms with Crippen molar-refractivity contribution in [3.63, 3.8) is 0 Å². The summed E-state index contributed by atoms with van der Waals surface area (Å²) in [7, 11) is 0. The summed E-state index contributed by atoms with van der Waals surface area (Å²) in [6.45, 7) is 1.50. The molecule has 0 aliphatic carbocycles. The number of hydrogen-bond donors (Lipinski definition) is 1. The fraction of sp³-hybridized carbons (Fsp3) is 0.263. The summed E-state index contributed by atoms with van der Waals surface area (Å²) in [5.74, 6) is 1.99. The summed E-state index contributed by atoms with van der Waals surface area (Å²) in [4.78, 5) is 23.1. The topological polar surface area (TPSA) is 74.8 Å². The van der Waals surface area contributed by atoms with E-state index >= 15 is 0 Å². The lowest BCUT2D eigenvalue weighted by molar-refractivity contribution is 0.0781. The van der Waals surface area contributed by atoms with Gasteiger partial charge in [-0.2, -0.15) is 5.10 Å². The molecule has 1 fully saturated rings. The van der Waals surface area contributed by atoms with Crippen molar-refractivity contribution in [1.29, 1.82) is 0 Å². The van der Waals surface area contributed by atoms with Gasteiger partial charge in [0.2, 0.25) is 0 Å². The van der Waals surface area contributed by atoms with Gasteiger partial charge in [-0.05, 0) is 24.5 Å². The van der Waals surface area contributed by atoms with E-state index in [0.29, 0.717) is 11.6 Å². The number of nitrogens with zero attached hydrogens (tertiary/aromatic N) is 4. The Kier molecular flexibility index (Phi) is 4.24. The molecule has 1 saturated heterocycles. The molecule has 126 valence electrons. The van der Waals surface area contributed by atoms with Crippen LogP contribution in [-0.2, 0) is 6.42 Å². The van der Waals surface area contributed by atoms with E-state index in [1.807, 2.05) is 47.4 Å². The number of hydrogen-bond acceptors (Lipinski definition) is 4. The van der Waals surface area contributed by atoms with Gasteiger partial charge in [0, 0.05) is 31.3 Å². The third-order valence-corrected chi connectivity index (χ3v) is 4.50. The fourth-order valence-corrected chi connectivity index (χ4v) is 3.21. The molecule has 4 rings (SSSR count). The first-order valence-electron chi connectivity index (χ1n) is 8.46. The number of pyridine rings is 1. The first-order valence-corrected chi connectivity index (χ1v) is 8.46. The second-order valence-electron chi connectivity index (χ2n) is 6.30. The second kappa shape index (κ2) is 6.84. The smallest absolute Gasteiger partial charge is 0.272 e. The van der Waals surface area contributed by atoms with Gasteiger partial charge in [-0.1, -0.05) is 36.4 Å². The second-order valence-corrected chi connectivity index (χ2v) is 6.30. The van der Waals surface area contributed by atoms with E-state index in [-0.39, 0.29) is 5.91 Å². The summed E-state index contributed by atoms with van der Waals surface area (Å²) >= 11 is 0. The number of aromatic nitrogens is 4. The van der Waals surface area contributed by atoms with Gasteiger partial charge in [0.25, 0.3) is 5.91 Å². The van der Waals surface area contributed by atoms with Crippen molar-refractivity contribution in [3.05, 3.63) is 66.2 Å². The highest BCUT2D eigenvalue weighted by Crippen LogP contribution is 2.22. The van der Waals surface area contributed by atoms with Crippen molar-refractivity contribution in [1.82, 2.24) is 25.1 Å². The molecule has 1 N–H and O–H groups in total. The quantitative estimate of drug-likeness (QED) is 0.796. The van der Waals surface area contributed by atoms with Gasteiger partial charge >= 0.3 is 0 Å². The Morgan fingerprint density at radius 2 is 2.00 bits per heavy atom. The summed E-state index contributed by atoms with van der Waals surface area (Å²) in [6.07, 6.45) is 3.42. The lowest BCUT2D eigenvalue weighted by Crippen LogP contribution is -2.29. The average molecular weight is 333 g/mol. The van der Waals surface area contributed by atoms with Gasteiger partial charge in [0.1, 0.15) is 11.5 Å². The standard InChI is InChI=1S/C19H19N5O/c25-19(16-8-4-5-10-20-16)24-11-9-14(13-24)12-17-21-18(23-22-17)15-6-2-1-3-7-15/h1-8,10,14H,9,11-13H2,(H,21,22,23). The van der Waals surface area contributed by atoms with Crippen LogP contribution in [0.5, 0.6) is 0 Å². The fourth-order valence-electron chi connectivity index (χ4n) is 3.21. The lowest BCUT2D eigenvalue weighted by Gasteiger charge is -2.15. The molecular weight excluding hydrogens is 314 g/mol. The Labute approximate surface area is 145 Å². The summed E-state index contributed by atoms with van der Waals surface area (Å²) in [5.41, 5.74) is 1.51. The molecule has 1 atom stereocenters. The van der Waals surface area contributed by atoms with E-state index in [1.54, 1.807) is 12.3 Å². The highest BCUT2D eigenvalue weighted by atomic mass is 16.2. The molecule has 0 spiro atoms. The number of H-pyrrole nitrogens is 1. The molecule has 3 aromatic rings.